The summed E-state index contributed by atoms with van der Waals surface area (Å²) in [6.07, 6.45) is 14.2. The summed E-state index contributed by atoms with van der Waals surface area (Å²) in [5.41, 5.74) is 2.35. The van der Waals surface area contributed by atoms with Crippen LogP contribution in [0, 0.1) is 0 Å². The van der Waals surface area contributed by atoms with Gasteiger partial charge in [0.15, 0.2) is 0 Å². The van der Waals surface area contributed by atoms with Crippen molar-refractivity contribution >= 4 is 5.52 Å². The van der Waals surface area contributed by atoms with E-state index >= 15 is 0 Å². The molecular weight excluding hydrogens is 212 g/mol. The third-order valence-electron chi connectivity index (χ3n) is 3.59. The summed E-state index contributed by atoms with van der Waals surface area (Å²) in [7, 11) is 0. The van der Waals surface area contributed by atoms with Crippen molar-refractivity contribution in [1.29, 1.82) is 0 Å². The van der Waals surface area contributed by atoms with Gasteiger partial charge in [0, 0.05) is 30.5 Å². The van der Waals surface area contributed by atoms with Crippen LogP contribution in [0.25, 0.3) is 5.52 Å². The first kappa shape index (κ1) is 10.7. The summed E-state index contributed by atoms with van der Waals surface area (Å²) in [4.78, 5) is 4.15. The number of nitrogens with zero attached hydrogens (tertiary/aromatic N) is 3. The Bertz CT molecular complexity index is 485. The molecule has 4 nitrogen and oxygen atoms in total. The molecule has 1 aliphatic rings. The van der Waals surface area contributed by atoms with Gasteiger partial charge in [0.05, 0.1) is 17.9 Å². The largest absolute Gasteiger partial charge is 0.310 e. The first-order valence-corrected chi connectivity index (χ1v) is 6.43. The highest BCUT2D eigenvalue weighted by Crippen LogP contribution is 2.18. The summed E-state index contributed by atoms with van der Waals surface area (Å²) >= 11 is 0. The van der Waals surface area contributed by atoms with E-state index in [0.717, 1.165) is 12.1 Å². The molecule has 0 spiro atoms. The number of hydrogen-bond acceptors (Lipinski definition) is 3. The van der Waals surface area contributed by atoms with Crippen molar-refractivity contribution in [3.05, 3.63) is 30.4 Å². The molecule has 1 aliphatic carbocycles. The van der Waals surface area contributed by atoms with Gasteiger partial charge in [-0.15, -0.1) is 0 Å². The van der Waals surface area contributed by atoms with Gasteiger partial charge in [-0.05, 0) is 12.8 Å². The summed E-state index contributed by atoms with van der Waals surface area (Å²) in [5.74, 6) is 0. The average molecular weight is 230 g/mol. The molecule has 2 aromatic heterocycles. The van der Waals surface area contributed by atoms with E-state index in [1.54, 1.807) is 6.20 Å². The number of aromatic nitrogens is 3. The predicted molar refractivity (Wildman–Crippen MR) is 66.7 cm³/mol. The fourth-order valence-electron chi connectivity index (χ4n) is 2.58. The number of fused-ring (bicyclic) bond motifs is 1. The van der Waals surface area contributed by atoms with E-state index in [-0.39, 0.29) is 0 Å². The molecule has 2 heterocycles. The first-order valence-electron chi connectivity index (χ1n) is 6.43. The van der Waals surface area contributed by atoms with E-state index in [4.69, 9.17) is 0 Å². The van der Waals surface area contributed by atoms with Crippen molar-refractivity contribution in [2.75, 3.05) is 0 Å². The lowest BCUT2D eigenvalue weighted by molar-refractivity contribution is 0.373. The molecule has 0 amide bonds. The van der Waals surface area contributed by atoms with Crippen molar-refractivity contribution in [2.24, 2.45) is 0 Å². The zero-order valence-corrected chi connectivity index (χ0v) is 9.97. The van der Waals surface area contributed by atoms with Gasteiger partial charge in [-0.3, -0.25) is 4.98 Å². The van der Waals surface area contributed by atoms with Crippen molar-refractivity contribution in [3.8, 4) is 0 Å². The fourth-order valence-corrected chi connectivity index (χ4v) is 2.58. The van der Waals surface area contributed by atoms with Crippen LogP contribution in [0.15, 0.2) is 24.8 Å². The maximum atomic E-state index is 4.32. The zero-order valence-electron chi connectivity index (χ0n) is 9.97. The van der Waals surface area contributed by atoms with E-state index in [1.165, 1.54) is 37.7 Å². The quantitative estimate of drug-likeness (QED) is 0.878. The molecule has 0 radical (unpaired) electrons. The number of hydrogen-bond donors (Lipinski definition) is 1. The summed E-state index contributed by atoms with van der Waals surface area (Å²) < 4.78 is 1.88. The molecule has 1 fully saturated rings. The maximum absolute atomic E-state index is 4.32. The summed E-state index contributed by atoms with van der Waals surface area (Å²) in [5, 5.41) is 7.95. The SMILES string of the molecule is c1cn2ncc(CNC3CCCCC3)c2cn1. The Balaban J connectivity index is 1.68. The van der Waals surface area contributed by atoms with E-state index in [1.807, 2.05) is 23.1 Å². The molecule has 1 N–H and O–H groups in total. The fraction of sp³-hybridized carbons (Fsp3) is 0.538. The third kappa shape index (κ3) is 2.31. The number of nitrogens with one attached hydrogen (secondary N) is 1. The van der Waals surface area contributed by atoms with Gasteiger partial charge < -0.3 is 5.32 Å². The van der Waals surface area contributed by atoms with Crippen LogP contribution < -0.4 is 5.32 Å². The molecule has 4 heteroatoms. The minimum atomic E-state index is 0.690. The second-order valence-electron chi connectivity index (χ2n) is 4.79. The minimum Gasteiger partial charge on any atom is -0.310 e. The lowest BCUT2D eigenvalue weighted by atomic mass is 9.95. The van der Waals surface area contributed by atoms with Crippen molar-refractivity contribution in [1.82, 2.24) is 19.9 Å². The highest BCUT2D eigenvalue weighted by molar-refractivity contribution is 5.51. The van der Waals surface area contributed by atoms with Crippen LogP contribution in [-0.4, -0.2) is 20.6 Å². The van der Waals surface area contributed by atoms with Crippen LogP contribution in [0.2, 0.25) is 0 Å². The molecule has 17 heavy (non-hydrogen) atoms. The van der Waals surface area contributed by atoms with E-state index in [2.05, 4.69) is 15.4 Å². The highest BCUT2D eigenvalue weighted by atomic mass is 15.2. The van der Waals surface area contributed by atoms with Gasteiger partial charge in [-0.25, -0.2) is 4.52 Å². The van der Waals surface area contributed by atoms with Gasteiger partial charge in [0.1, 0.15) is 0 Å². The summed E-state index contributed by atoms with van der Waals surface area (Å²) in [6.45, 7) is 0.903. The average Bonchev–Trinajstić information content (AvgIpc) is 2.81. The van der Waals surface area contributed by atoms with E-state index < -0.39 is 0 Å². The summed E-state index contributed by atoms with van der Waals surface area (Å²) in [6, 6.07) is 0.690. The van der Waals surface area contributed by atoms with Crippen LogP contribution in [0.1, 0.15) is 37.7 Å². The minimum absolute atomic E-state index is 0.690. The molecule has 0 aromatic carbocycles. The van der Waals surface area contributed by atoms with E-state index in [9.17, 15) is 0 Å². The molecule has 2 aromatic rings. The highest BCUT2D eigenvalue weighted by Gasteiger charge is 2.13. The van der Waals surface area contributed by atoms with Gasteiger partial charge in [0.25, 0.3) is 0 Å². The molecular formula is C13H18N4. The molecule has 0 bridgehead atoms. The second kappa shape index (κ2) is 4.84. The van der Waals surface area contributed by atoms with Crippen LogP contribution in [-0.2, 0) is 6.54 Å². The maximum Gasteiger partial charge on any atom is 0.0889 e. The Hall–Kier alpha value is -1.42. The normalized spacial score (nSPS) is 17.6. The van der Waals surface area contributed by atoms with Crippen LogP contribution in [0.4, 0.5) is 0 Å². The Morgan fingerprint density at radius 1 is 1.24 bits per heavy atom. The van der Waals surface area contributed by atoms with Gasteiger partial charge in [-0.2, -0.15) is 5.10 Å². The van der Waals surface area contributed by atoms with Crippen LogP contribution in [0.3, 0.4) is 0 Å². The van der Waals surface area contributed by atoms with Crippen LogP contribution in [0.5, 0.6) is 0 Å². The second-order valence-corrected chi connectivity index (χ2v) is 4.79. The molecule has 90 valence electrons. The monoisotopic (exact) mass is 230 g/mol. The Morgan fingerprint density at radius 2 is 2.12 bits per heavy atom. The van der Waals surface area contributed by atoms with E-state index in [0.29, 0.717) is 6.04 Å². The molecule has 0 aliphatic heterocycles. The predicted octanol–water partition coefficient (Wildman–Crippen LogP) is 2.15. The van der Waals surface area contributed by atoms with Gasteiger partial charge >= 0.3 is 0 Å². The lowest BCUT2D eigenvalue weighted by Gasteiger charge is -2.22. The van der Waals surface area contributed by atoms with Crippen molar-refractivity contribution in [3.63, 3.8) is 0 Å². The van der Waals surface area contributed by atoms with Crippen LogP contribution >= 0.6 is 0 Å². The Labute approximate surface area is 101 Å². The topological polar surface area (TPSA) is 42.2 Å². The Morgan fingerprint density at radius 3 is 3.00 bits per heavy atom. The smallest absolute Gasteiger partial charge is 0.0889 e. The molecule has 0 atom stereocenters. The molecule has 3 rings (SSSR count). The van der Waals surface area contributed by atoms with Gasteiger partial charge in [-0.1, -0.05) is 19.3 Å². The lowest BCUT2D eigenvalue weighted by Crippen LogP contribution is -2.30. The van der Waals surface area contributed by atoms with Gasteiger partial charge in [0.2, 0.25) is 0 Å². The number of rotatable bonds is 3. The first-order chi connectivity index (χ1) is 8.43. The van der Waals surface area contributed by atoms with Crippen molar-refractivity contribution in [2.45, 2.75) is 44.7 Å². The molecule has 1 saturated carbocycles. The molecule has 0 unspecified atom stereocenters. The third-order valence-corrected chi connectivity index (χ3v) is 3.59. The van der Waals surface area contributed by atoms with Crippen molar-refractivity contribution < 1.29 is 0 Å². The molecule has 0 saturated heterocycles. The zero-order chi connectivity index (χ0) is 11.5. The Kier molecular flexibility index (Phi) is 3.05. The standard InChI is InChI=1S/C13H18N4/c1-2-4-12(5-3-1)15-8-11-9-16-17-7-6-14-10-13(11)17/h6-7,9-10,12,15H,1-5,8H2.